The second kappa shape index (κ2) is 5.82. The first-order chi connectivity index (χ1) is 7.65. The quantitative estimate of drug-likeness (QED) is 0.778. The van der Waals surface area contributed by atoms with Gasteiger partial charge in [0.05, 0.1) is 10.5 Å². The Labute approximate surface area is 118 Å². The molecule has 0 atom stereocenters. The molecule has 88 valence electrons. The number of hydrogen-bond acceptors (Lipinski definition) is 4. The van der Waals surface area contributed by atoms with Crippen LogP contribution in [0.3, 0.4) is 0 Å². The average Bonchev–Trinajstić information content (AvgIpc) is 2.77. The Morgan fingerprint density at radius 3 is 2.94 bits per heavy atom. The number of thiophene rings is 1. The molecule has 0 radical (unpaired) electrons. The molecule has 2 heterocycles. The second-order valence-electron chi connectivity index (χ2n) is 3.74. The van der Waals surface area contributed by atoms with Gasteiger partial charge in [0, 0.05) is 23.7 Å². The molecule has 1 aromatic heterocycles. The minimum atomic E-state index is 0.932. The molecule has 16 heavy (non-hydrogen) atoms. The van der Waals surface area contributed by atoms with Crippen molar-refractivity contribution in [1.82, 2.24) is 9.80 Å². The van der Waals surface area contributed by atoms with Crippen molar-refractivity contribution in [1.29, 1.82) is 0 Å². The topological polar surface area (TPSA) is 6.48 Å². The first kappa shape index (κ1) is 12.8. The molecule has 1 saturated heterocycles. The lowest BCUT2D eigenvalue weighted by atomic mass is 10.4. The Morgan fingerprint density at radius 1 is 1.56 bits per heavy atom. The summed E-state index contributed by atoms with van der Waals surface area (Å²) in [5, 5.41) is 0. The lowest BCUT2D eigenvalue weighted by Gasteiger charge is -2.24. The average molecular weight is 337 g/mol. The van der Waals surface area contributed by atoms with Crippen LogP contribution in [0.15, 0.2) is 15.9 Å². The van der Waals surface area contributed by atoms with E-state index in [2.05, 4.69) is 44.9 Å². The van der Waals surface area contributed by atoms with Crippen LogP contribution in [-0.4, -0.2) is 40.1 Å². The molecular weight excluding hydrogens is 324 g/mol. The molecule has 0 spiro atoms. The SMILES string of the molecule is CN(Cc1ccc(Br)s1)CN1CCSC1=S. The van der Waals surface area contributed by atoms with Gasteiger partial charge >= 0.3 is 0 Å². The molecule has 1 aliphatic rings. The number of nitrogens with zero attached hydrogens (tertiary/aromatic N) is 2. The van der Waals surface area contributed by atoms with Crippen LogP contribution < -0.4 is 0 Å². The van der Waals surface area contributed by atoms with Crippen LogP contribution in [0.5, 0.6) is 0 Å². The number of hydrogen-bond donors (Lipinski definition) is 0. The Morgan fingerprint density at radius 2 is 2.38 bits per heavy atom. The van der Waals surface area contributed by atoms with E-state index >= 15 is 0 Å². The van der Waals surface area contributed by atoms with Gasteiger partial charge in [0.25, 0.3) is 0 Å². The first-order valence-corrected chi connectivity index (χ1v) is 8.00. The molecule has 2 rings (SSSR count). The maximum atomic E-state index is 5.28. The van der Waals surface area contributed by atoms with E-state index in [1.807, 2.05) is 0 Å². The fraction of sp³-hybridized carbons (Fsp3) is 0.500. The zero-order chi connectivity index (χ0) is 11.5. The summed E-state index contributed by atoms with van der Waals surface area (Å²) in [6.07, 6.45) is 0. The maximum absolute atomic E-state index is 5.28. The molecule has 1 fully saturated rings. The summed E-state index contributed by atoms with van der Waals surface area (Å²) in [5.74, 6) is 1.14. The van der Waals surface area contributed by atoms with Crippen molar-refractivity contribution in [3.8, 4) is 0 Å². The fourth-order valence-corrected chi connectivity index (χ4v) is 4.38. The van der Waals surface area contributed by atoms with E-state index in [-0.39, 0.29) is 0 Å². The lowest BCUT2D eigenvalue weighted by Crippen LogP contribution is -2.35. The highest BCUT2D eigenvalue weighted by Gasteiger charge is 2.18. The molecule has 0 amide bonds. The molecule has 6 heteroatoms. The zero-order valence-electron chi connectivity index (χ0n) is 8.98. The minimum absolute atomic E-state index is 0.932. The molecule has 1 aromatic rings. The molecule has 0 aromatic carbocycles. The number of halogens is 1. The monoisotopic (exact) mass is 336 g/mol. The van der Waals surface area contributed by atoms with Crippen molar-refractivity contribution in [3.05, 3.63) is 20.8 Å². The van der Waals surface area contributed by atoms with Crippen molar-refractivity contribution in [2.24, 2.45) is 0 Å². The van der Waals surface area contributed by atoms with E-state index in [9.17, 15) is 0 Å². The fourth-order valence-electron chi connectivity index (χ4n) is 1.60. The third-order valence-electron chi connectivity index (χ3n) is 2.31. The summed E-state index contributed by atoms with van der Waals surface area (Å²) in [5.41, 5.74) is 0. The van der Waals surface area contributed by atoms with Crippen LogP contribution in [0.4, 0.5) is 0 Å². The van der Waals surface area contributed by atoms with Gasteiger partial charge in [-0.15, -0.1) is 11.3 Å². The Hall–Kier alpha value is 0.380. The molecule has 0 bridgehead atoms. The van der Waals surface area contributed by atoms with Gasteiger partial charge in [-0.05, 0) is 35.1 Å². The van der Waals surface area contributed by atoms with E-state index in [4.69, 9.17) is 12.2 Å². The van der Waals surface area contributed by atoms with Gasteiger partial charge in [-0.25, -0.2) is 0 Å². The number of thiocarbonyl (C=S) groups is 1. The summed E-state index contributed by atoms with van der Waals surface area (Å²) < 4.78 is 2.24. The molecule has 0 unspecified atom stereocenters. The Balaban J connectivity index is 1.84. The molecule has 0 saturated carbocycles. The van der Waals surface area contributed by atoms with Crippen LogP contribution >= 0.6 is 51.2 Å². The van der Waals surface area contributed by atoms with Gasteiger partial charge in [-0.2, -0.15) is 0 Å². The molecule has 0 N–H and O–H groups in total. The highest BCUT2D eigenvalue weighted by atomic mass is 79.9. The van der Waals surface area contributed by atoms with Crippen LogP contribution in [0.1, 0.15) is 4.88 Å². The number of thioether (sulfide) groups is 1. The molecule has 0 aliphatic carbocycles. The predicted octanol–water partition coefficient (Wildman–Crippen LogP) is 3.23. The van der Waals surface area contributed by atoms with E-state index in [0.29, 0.717) is 0 Å². The van der Waals surface area contributed by atoms with E-state index in [1.54, 1.807) is 23.1 Å². The minimum Gasteiger partial charge on any atom is -0.344 e. The summed E-state index contributed by atoms with van der Waals surface area (Å²) >= 11 is 12.3. The van der Waals surface area contributed by atoms with Gasteiger partial charge in [0.15, 0.2) is 0 Å². The van der Waals surface area contributed by atoms with E-state index < -0.39 is 0 Å². The maximum Gasteiger partial charge on any atom is 0.137 e. The smallest absolute Gasteiger partial charge is 0.137 e. The molecule has 2 nitrogen and oxygen atoms in total. The van der Waals surface area contributed by atoms with Crippen molar-refractivity contribution in [3.63, 3.8) is 0 Å². The summed E-state index contributed by atoms with van der Waals surface area (Å²) in [4.78, 5) is 5.95. The van der Waals surface area contributed by atoms with Gasteiger partial charge in [-0.1, -0.05) is 24.0 Å². The second-order valence-corrected chi connectivity index (χ2v) is 8.02. The number of rotatable bonds is 4. The van der Waals surface area contributed by atoms with Crippen LogP contribution in [-0.2, 0) is 6.54 Å². The summed E-state index contributed by atoms with van der Waals surface area (Å²) in [6.45, 7) is 3.00. The van der Waals surface area contributed by atoms with Gasteiger partial charge in [0.1, 0.15) is 4.32 Å². The lowest BCUT2D eigenvalue weighted by molar-refractivity contribution is 0.230. The molecule has 1 aliphatic heterocycles. The van der Waals surface area contributed by atoms with Crippen LogP contribution in [0.2, 0.25) is 0 Å². The summed E-state index contributed by atoms with van der Waals surface area (Å²) in [6, 6.07) is 4.27. The van der Waals surface area contributed by atoms with Gasteiger partial charge in [0.2, 0.25) is 0 Å². The highest BCUT2D eigenvalue weighted by molar-refractivity contribution is 9.11. The third kappa shape index (κ3) is 3.43. The highest BCUT2D eigenvalue weighted by Crippen LogP contribution is 2.23. The van der Waals surface area contributed by atoms with Crippen molar-refractivity contribution >= 4 is 55.6 Å². The first-order valence-electron chi connectivity index (χ1n) is 4.99. The van der Waals surface area contributed by atoms with Crippen molar-refractivity contribution in [2.45, 2.75) is 6.54 Å². The van der Waals surface area contributed by atoms with Crippen molar-refractivity contribution < 1.29 is 0 Å². The Kier molecular flexibility index (Phi) is 4.66. The van der Waals surface area contributed by atoms with E-state index in [1.165, 1.54) is 8.66 Å². The largest absolute Gasteiger partial charge is 0.344 e. The normalized spacial score (nSPS) is 16.4. The van der Waals surface area contributed by atoms with Crippen LogP contribution in [0.25, 0.3) is 0 Å². The standard InChI is InChI=1S/C10H13BrN2S3/c1-12(6-8-2-3-9(11)16-8)7-13-4-5-15-10(13)14/h2-3H,4-7H2,1H3. The molecular formula is C10H13BrN2S3. The van der Waals surface area contributed by atoms with Gasteiger partial charge in [-0.3, -0.25) is 4.90 Å². The predicted molar refractivity (Wildman–Crippen MR) is 80.1 cm³/mol. The van der Waals surface area contributed by atoms with E-state index in [0.717, 1.165) is 29.8 Å². The third-order valence-corrected chi connectivity index (χ3v) is 5.42. The summed E-state index contributed by atoms with van der Waals surface area (Å²) in [7, 11) is 2.14. The van der Waals surface area contributed by atoms with Gasteiger partial charge < -0.3 is 4.90 Å². The van der Waals surface area contributed by atoms with Crippen LogP contribution in [0, 0.1) is 0 Å². The van der Waals surface area contributed by atoms with Crippen molar-refractivity contribution in [2.75, 3.05) is 26.0 Å². The Bertz CT molecular complexity index is 380. The zero-order valence-corrected chi connectivity index (χ0v) is 13.0.